The summed E-state index contributed by atoms with van der Waals surface area (Å²) >= 11 is 0. The van der Waals surface area contributed by atoms with Crippen LogP contribution < -0.4 is 0 Å². The van der Waals surface area contributed by atoms with E-state index in [0.717, 1.165) is 18.4 Å². The monoisotopic (exact) mass is 346 g/mol. The summed E-state index contributed by atoms with van der Waals surface area (Å²) in [6.45, 7) is 10.1. The van der Waals surface area contributed by atoms with E-state index in [-0.39, 0.29) is 6.61 Å². The maximum Gasteiger partial charge on any atom is 0.184 e. The lowest BCUT2D eigenvalue weighted by Crippen LogP contribution is -2.52. The highest BCUT2D eigenvalue weighted by Gasteiger charge is 2.43. The highest BCUT2D eigenvalue weighted by Crippen LogP contribution is 2.37. The molecule has 1 aromatic rings. The van der Waals surface area contributed by atoms with Crippen LogP contribution in [-0.2, 0) is 9.47 Å². The number of allylic oxidation sites excluding steroid dienone is 2. The third kappa shape index (κ3) is 5.02. The van der Waals surface area contributed by atoms with Gasteiger partial charge in [-0.05, 0) is 26.7 Å². The molecule has 25 heavy (non-hydrogen) atoms. The number of aliphatic hydroxyl groups excluding tert-OH is 2. The minimum absolute atomic E-state index is 0.127. The Balaban J connectivity index is 2.12. The van der Waals surface area contributed by atoms with Gasteiger partial charge in [-0.15, -0.1) is 6.58 Å². The third-order valence-corrected chi connectivity index (χ3v) is 4.84. The highest BCUT2D eigenvalue weighted by molar-refractivity contribution is 5.16. The van der Waals surface area contributed by atoms with Gasteiger partial charge in [0.1, 0.15) is 12.2 Å². The van der Waals surface area contributed by atoms with E-state index in [1.54, 1.807) is 6.08 Å². The number of hydrogen-bond donors (Lipinski definition) is 2. The molecule has 1 saturated heterocycles. The molecule has 0 aliphatic carbocycles. The minimum Gasteiger partial charge on any atom is -0.389 e. The average molecular weight is 346 g/mol. The van der Waals surface area contributed by atoms with E-state index in [9.17, 15) is 10.2 Å². The normalized spacial score (nSPS) is 27.2. The van der Waals surface area contributed by atoms with Gasteiger partial charge in [0.2, 0.25) is 0 Å². The molecule has 2 unspecified atom stereocenters. The number of benzene rings is 1. The molecule has 1 heterocycles. The first kappa shape index (κ1) is 19.9. The van der Waals surface area contributed by atoms with Gasteiger partial charge < -0.3 is 19.7 Å². The van der Waals surface area contributed by atoms with Gasteiger partial charge >= 0.3 is 0 Å². The second-order valence-electron chi connectivity index (χ2n) is 7.22. The summed E-state index contributed by atoms with van der Waals surface area (Å²) in [6, 6.07) is 9.56. The zero-order chi connectivity index (χ0) is 18.4. The molecule has 0 bridgehead atoms. The van der Waals surface area contributed by atoms with Crippen LogP contribution in [0.25, 0.3) is 0 Å². The Morgan fingerprint density at radius 2 is 2.04 bits per heavy atom. The Morgan fingerprint density at radius 1 is 1.36 bits per heavy atom. The molecule has 2 N–H and O–H groups in total. The topological polar surface area (TPSA) is 58.9 Å². The summed E-state index contributed by atoms with van der Waals surface area (Å²) in [5.41, 5.74) is 1.56. The van der Waals surface area contributed by atoms with Gasteiger partial charge in [0.15, 0.2) is 6.29 Å². The van der Waals surface area contributed by atoms with Crippen molar-refractivity contribution in [3.05, 3.63) is 60.2 Å². The lowest BCUT2D eigenvalue weighted by Gasteiger charge is -2.42. The lowest BCUT2D eigenvalue weighted by molar-refractivity contribution is -0.283. The zero-order valence-corrected chi connectivity index (χ0v) is 15.4. The lowest BCUT2D eigenvalue weighted by atomic mass is 9.76. The summed E-state index contributed by atoms with van der Waals surface area (Å²) in [4.78, 5) is 0. The van der Waals surface area contributed by atoms with Crippen LogP contribution in [-0.4, -0.2) is 35.1 Å². The van der Waals surface area contributed by atoms with Crippen LogP contribution in [0.4, 0.5) is 0 Å². The fourth-order valence-electron chi connectivity index (χ4n) is 3.04. The van der Waals surface area contributed by atoms with E-state index in [2.05, 4.69) is 26.5 Å². The largest absolute Gasteiger partial charge is 0.389 e. The van der Waals surface area contributed by atoms with Crippen molar-refractivity contribution in [3.8, 4) is 0 Å². The molecular formula is C21H30O4. The van der Waals surface area contributed by atoms with Crippen LogP contribution in [0.2, 0.25) is 0 Å². The molecule has 1 aliphatic rings. The van der Waals surface area contributed by atoms with Crippen LogP contribution in [0.3, 0.4) is 0 Å². The molecule has 2 rings (SSSR count). The van der Waals surface area contributed by atoms with Gasteiger partial charge in [0.05, 0.1) is 12.7 Å². The van der Waals surface area contributed by atoms with Crippen LogP contribution >= 0.6 is 0 Å². The minimum atomic E-state index is -0.877. The van der Waals surface area contributed by atoms with Crippen LogP contribution in [0, 0.1) is 5.41 Å². The molecule has 1 aliphatic heterocycles. The standard InChI is InChI=1S/C21H30O4/c1-5-21(4,13-9-10-15(2)3)19(23)18-17(22)14-24-20(25-18)16-11-7-6-8-12-16/h5-8,10-12,17-20,22-23H,1,9,13-14H2,2-4H3/t17-,18-,19?,20-,21?/m1/s1. The van der Waals surface area contributed by atoms with E-state index in [1.165, 1.54) is 5.57 Å². The number of aliphatic hydroxyl groups is 2. The first-order chi connectivity index (χ1) is 11.9. The predicted octanol–water partition coefficient (Wildman–Crippen LogP) is 3.76. The molecule has 5 atom stereocenters. The van der Waals surface area contributed by atoms with Crippen molar-refractivity contribution < 1.29 is 19.7 Å². The quantitative estimate of drug-likeness (QED) is 0.738. The average Bonchev–Trinajstić information content (AvgIpc) is 2.61. The molecule has 4 heteroatoms. The second kappa shape index (κ2) is 8.77. The Kier molecular flexibility index (Phi) is 6.96. The van der Waals surface area contributed by atoms with Gasteiger partial charge in [-0.3, -0.25) is 0 Å². The van der Waals surface area contributed by atoms with Crippen LogP contribution in [0.15, 0.2) is 54.6 Å². The van der Waals surface area contributed by atoms with E-state index in [4.69, 9.17) is 9.47 Å². The van der Waals surface area contributed by atoms with Gasteiger partial charge in [0.25, 0.3) is 0 Å². The summed E-state index contributed by atoms with van der Waals surface area (Å²) in [7, 11) is 0. The predicted molar refractivity (Wildman–Crippen MR) is 99.0 cm³/mol. The van der Waals surface area contributed by atoms with E-state index in [0.29, 0.717) is 0 Å². The maximum absolute atomic E-state index is 11.0. The van der Waals surface area contributed by atoms with Crippen molar-refractivity contribution in [1.29, 1.82) is 0 Å². The molecule has 0 amide bonds. The fourth-order valence-corrected chi connectivity index (χ4v) is 3.04. The number of rotatable bonds is 7. The van der Waals surface area contributed by atoms with Gasteiger partial charge in [0, 0.05) is 11.0 Å². The summed E-state index contributed by atoms with van der Waals surface area (Å²) in [5, 5.41) is 21.3. The summed E-state index contributed by atoms with van der Waals surface area (Å²) < 4.78 is 11.5. The fraction of sp³-hybridized carbons (Fsp3) is 0.524. The summed E-state index contributed by atoms with van der Waals surface area (Å²) in [5.74, 6) is 0. The molecule has 0 radical (unpaired) electrons. The van der Waals surface area contributed by atoms with Crippen molar-refractivity contribution >= 4 is 0 Å². The van der Waals surface area contributed by atoms with Crippen LogP contribution in [0.1, 0.15) is 45.5 Å². The van der Waals surface area contributed by atoms with Gasteiger partial charge in [-0.2, -0.15) is 0 Å². The van der Waals surface area contributed by atoms with Crippen molar-refractivity contribution in [2.24, 2.45) is 5.41 Å². The maximum atomic E-state index is 11.0. The number of ether oxygens (including phenoxy) is 2. The highest BCUT2D eigenvalue weighted by atomic mass is 16.7. The van der Waals surface area contributed by atoms with E-state index in [1.807, 2.05) is 37.3 Å². The molecule has 4 nitrogen and oxygen atoms in total. The molecular weight excluding hydrogens is 316 g/mol. The van der Waals surface area contributed by atoms with E-state index >= 15 is 0 Å². The molecule has 0 saturated carbocycles. The SMILES string of the molecule is C=CC(C)(CCC=C(C)C)C(O)[C@@H]1O[C@H](c2ccccc2)OC[C@H]1O. The first-order valence-corrected chi connectivity index (χ1v) is 8.82. The first-order valence-electron chi connectivity index (χ1n) is 8.82. The molecule has 0 aromatic heterocycles. The van der Waals surface area contributed by atoms with E-state index < -0.39 is 30.0 Å². The van der Waals surface area contributed by atoms with Crippen molar-refractivity contribution in [2.75, 3.05) is 6.61 Å². The second-order valence-corrected chi connectivity index (χ2v) is 7.22. The molecule has 138 valence electrons. The Bertz CT molecular complexity index is 579. The smallest absolute Gasteiger partial charge is 0.184 e. The molecule has 1 aromatic carbocycles. The Labute approximate surface area is 150 Å². The van der Waals surface area contributed by atoms with Crippen molar-refractivity contribution in [1.82, 2.24) is 0 Å². The molecule has 0 spiro atoms. The Hall–Kier alpha value is -1.46. The molecule has 1 fully saturated rings. The number of hydrogen-bond acceptors (Lipinski definition) is 4. The third-order valence-electron chi connectivity index (χ3n) is 4.84. The Morgan fingerprint density at radius 3 is 2.64 bits per heavy atom. The van der Waals surface area contributed by atoms with Crippen LogP contribution in [0.5, 0.6) is 0 Å². The summed E-state index contributed by atoms with van der Waals surface area (Å²) in [6.07, 6.45) is 2.40. The van der Waals surface area contributed by atoms with Crippen molar-refractivity contribution in [2.45, 2.75) is 58.2 Å². The van der Waals surface area contributed by atoms with Gasteiger partial charge in [-0.1, -0.05) is 55.0 Å². The van der Waals surface area contributed by atoms with Crippen molar-refractivity contribution in [3.63, 3.8) is 0 Å². The van der Waals surface area contributed by atoms with Gasteiger partial charge in [-0.25, -0.2) is 0 Å². The zero-order valence-electron chi connectivity index (χ0n) is 15.4.